The Labute approximate surface area is 117 Å². The van der Waals surface area contributed by atoms with E-state index in [0.717, 1.165) is 34.8 Å². The van der Waals surface area contributed by atoms with Crippen LogP contribution in [-0.2, 0) is 0 Å². The third kappa shape index (κ3) is 2.01. The standard InChI is InChI=1S/C18H12O2/c19-11-15-10-16(12-20)18-9-7-14(6-8-17(15)18)13-4-2-1-3-5-13/h1-12H. The summed E-state index contributed by atoms with van der Waals surface area (Å²) in [6, 6.07) is 19.4. The fourth-order valence-corrected chi connectivity index (χ4v) is 2.43. The third-order valence-corrected chi connectivity index (χ3v) is 3.44. The van der Waals surface area contributed by atoms with Crippen LogP contribution in [0.15, 0.2) is 60.7 Å². The molecule has 0 heterocycles. The molecule has 96 valence electrons. The third-order valence-electron chi connectivity index (χ3n) is 3.44. The molecule has 0 unspecified atom stereocenters. The second-order valence-corrected chi connectivity index (χ2v) is 4.61. The van der Waals surface area contributed by atoms with Gasteiger partial charge < -0.3 is 0 Å². The quantitative estimate of drug-likeness (QED) is 0.665. The van der Waals surface area contributed by atoms with Crippen LogP contribution in [0.25, 0.3) is 22.3 Å². The molecule has 1 aromatic carbocycles. The van der Waals surface area contributed by atoms with Gasteiger partial charge in [0.1, 0.15) is 0 Å². The second kappa shape index (κ2) is 5.10. The van der Waals surface area contributed by atoms with Crippen LogP contribution in [0.3, 0.4) is 0 Å². The van der Waals surface area contributed by atoms with E-state index in [0.29, 0.717) is 11.1 Å². The highest BCUT2D eigenvalue weighted by atomic mass is 16.1. The first-order chi connectivity index (χ1) is 9.83. The maximum atomic E-state index is 11.1. The first-order valence-corrected chi connectivity index (χ1v) is 6.36. The van der Waals surface area contributed by atoms with Crippen molar-refractivity contribution in [3.8, 4) is 22.3 Å². The molecule has 2 aliphatic rings. The lowest BCUT2D eigenvalue weighted by Crippen LogP contribution is -1.77. The van der Waals surface area contributed by atoms with E-state index >= 15 is 0 Å². The maximum absolute atomic E-state index is 11.1. The van der Waals surface area contributed by atoms with Crippen LogP contribution in [0.2, 0.25) is 0 Å². The fraction of sp³-hybridized carbons (Fsp3) is 0. The van der Waals surface area contributed by atoms with Crippen LogP contribution >= 0.6 is 0 Å². The van der Waals surface area contributed by atoms with Crippen LogP contribution < -0.4 is 0 Å². The van der Waals surface area contributed by atoms with Gasteiger partial charge in [-0.1, -0.05) is 54.6 Å². The fourth-order valence-electron chi connectivity index (χ4n) is 2.43. The molecular formula is C18H12O2. The Bertz CT molecular complexity index is 702. The van der Waals surface area contributed by atoms with Crippen molar-refractivity contribution in [1.82, 2.24) is 0 Å². The molecule has 0 atom stereocenters. The van der Waals surface area contributed by atoms with Gasteiger partial charge in [0, 0.05) is 11.1 Å². The molecule has 20 heavy (non-hydrogen) atoms. The van der Waals surface area contributed by atoms with Gasteiger partial charge in [-0.2, -0.15) is 0 Å². The molecule has 2 aliphatic carbocycles. The average Bonchev–Trinajstić information content (AvgIpc) is 2.70. The normalized spacial score (nSPS) is 10.4. The summed E-state index contributed by atoms with van der Waals surface area (Å²) in [6.45, 7) is 0. The number of hydrogen-bond acceptors (Lipinski definition) is 2. The Balaban J connectivity index is 2.22. The molecule has 3 rings (SSSR count). The van der Waals surface area contributed by atoms with Crippen molar-refractivity contribution in [2.45, 2.75) is 0 Å². The summed E-state index contributed by atoms with van der Waals surface area (Å²) in [5.74, 6) is 0. The van der Waals surface area contributed by atoms with Gasteiger partial charge in [-0.3, -0.25) is 9.59 Å². The van der Waals surface area contributed by atoms with Gasteiger partial charge in [-0.05, 0) is 28.3 Å². The summed E-state index contributed by atoms with van der Waals surface area (Å²) in [4.78, 5) is 22.2. The number of aldehydes is 2. The number of benzene rings is 1. The van der Waals surface area contributed by atoms with E-state index in [2.05, 4.69) is 0 Å². The Morgan fingerprint density at radius 2 is 1.10 bits per heavy atom. The molecule has 0 saturated heterocycles. The van der Waals surface area contributed by atoms with Crippen LogP contribution in [0.4, 0.5) is 0 Å². The molecule has 2 heteroatoms. The topological polar surface area (TPSA) is 34.1 Å². The summed E-state index contributed by atoms with van der Waals surface area (Å²) in [6.07, 6.45) is 1.58. The van der Waals surface area contributed by atoms with Gasteiger partial charge in [0.15, 0.2) is 12.6 Å². The van der Waals surface area contributed by atoms with Crippen LogP contribution in [-0.4, -0.2) is 12.6 Å². The molecule has 0 bridgehead atoms. The van der Waals surface area contributed by atoms with Crippen molar-refractivity contribution in [2.75, 3.05) is 0 Å². The zero-order valence-corrected chi connectivity index (χ0v) is 10.7. The lowest BCUT2D eigenvalue weighted by Gasteiger charge is -1.96. The van der Waals surface area contributed by atoms with Crippen LogP contribution in [0.5, 0.6) is 0 Å². The molecule has 0 fully saturated rings. The lowest BCUT2D eigenvalue weighted by molar-refractivity contribution is 0.112. The van der Waals surface area contributed by atoms with Crippen molar-refractivity contribution in [2.24, 2.45) is 0 Å². The molecule has 1 aromatic rings. The molecule has 0 spiro atoms. The predicted octanol–water partition coefficient (Wildman–Crippen LogP) is 4.08. The Kier molecular flexibility index (Phi) is 3.13. The van der Waals surface area contributed by atoms with Gasteiger partial charge >= 0.3 is 0 Å². The monoisotopic (exact) mass is 260 g/mol. The van der Waals surface area contributed by atoms with Crippen molar-refractivity contribution in [1.29, 1.82) is 0 Å². The highest BCUT2D eigenvalue weighted by molar-refractivity contribution is 5.99. The SMILES string of the molecule is O=Cc1cc(C=O)c2ccc(-c3ccccc3)ccc1-2. The second-order valence-electron chi connectivity index (χ2n) is 4.61. The summed E-state index contributed by atoms with van der Waals surface area (Å²) < 4.78 is 0. The highest BCUT2D eigenvalue weighted by Gasteiger charge is 2.13. The van der Waals surface area contributed by atoms with E-state index < -0.39 is 0 Å². The largest absolute Gasteiger partial charge is 0.298 e. The predicted molar refractivity (Wildman–Crippen MR) is 79.3 cm³/mol. The van der Waals surface area contributed by atoms with Crippen molar-refractivity contribution in [3.63, 3.8) is 0 Å². The minimum Gasteiger partial charge on any atom is -0.298 e. The zero-order chi connectivity index (χ0) is 13.9. The van der Waals surface area contributed by atoms with E-state index in [4.69, 9.17) is 0 Å². The molecule has 0 N–H and O–H groups in total. The van der Waals surface area contributed by atoms with Gasteiger partial charge in [-0.15, -0.1) is 0 Å². The summed E-state index contributed by atoms with van der Waals surface area (Å²) in [5, 5.41) is 0. The van der Waals surface area contributed by atoms with Crippen LogP contribution in [0, 0.1) is 0 Å². The molecular weight excluding hydrogens is 248 g/mol. The van der Waals surface area contributed by atoms with Crippen molar-refractivity contribution >= 4 is 12.6 Å². The highest BCUT2D eigenvalue weighted by Crippen LogP contribution is 2.31. The van der Waals surface area contributed by atoms with Crippen LogP contribution in [0.1, 0.15) is 20.7 Å². The lowest BCUT2D eigenvalue weighted by atomic mass is 10.1. The van der Waals surface area contributed by atoms with Gasteiger partial charge in [0.25, 0.3) is 0 Å². The van der Waals surface area contributed by atoms with Crippen molar-refractivity contribution in [3.05, 3.63) is 71.8 Å². The van der Waals surface area contributed by atoms with Gasteiger partial charge in [0.05, 0.1) is 0 Å². The summed E-state index contributed by atoms with van der Waals surface area (Å²) in [5.41, 5.74) is 4.88. The minimum absolute atomic E-state index is 0.553. The van der Waals surface area contributed by atoms with E-state index in [1.54, 1.807) is 6.07 Å². The Morgan fingerprint density at radius 1 is 0.600 bits per heavy atom. The number of fused-ring (bicyclic) bond motifs is 1. The van der Waals surface area contributed by atoms with Crippen molar-refractivity contribution < 1.29 is 9.59 Å². The summed E-state index contributed by atoms with van der Waals surface area (Å²) in [7, 11) is 0. The van der Waals surface area contributed by atoms with E-state index in [1.807, 2.05) is 54.6 Å². The Morgan fingerprint density at radius 3 is 1.60 bits per heavy atom. The molecule has 0 aromatic heterocycles. The summed E-state index contributed by atoms with van der Waals surface area (Å²) >= 11 is 0. The number of carbonyl (C=O) groups excluding carboxylic acids is 2. The van der Waals surface area contributed by atoms with E-state index in [1.165, 1.54) is 0 Å². The zero-order valence-electron chi connectivity index (χ0n) is 10.7. The number of carbonyl (C=O) groups is 2. The molecule has 0 radical (unpaired) electrons. The molecule has 0 saturated carbocycles. The molecule has 0 amide bonds. The minimum atomic E-state index is 0.553. The van der Waals surface area contributed by atoms with Gasteiger partial charge in [0.2, 0.25) is 0 Å². The molecule has 2 nitrogen and oxygen atoms in total. The van der Waals surface area contributed by atoms with E-state index in [-0.39, 0.29) is 0 Å². The maximum Gasteiger partial charge on any atom is 0.150 e. The first kappa shape index (κ1) is 12.3. The van der Waals surface area contributed by atoms with E-state index in [9.17, 15) is 9.59 Å². The first-order valence-electron chi connectivity index (χ1n) is 6.36. The average molecular weight is 260 g/mol. The Hall–Kier alpha value is -2.74. The van der Waals surface area contributed by atoms with Gasteiger partial charge in [-0.25, -0.2) is 0 Å². The number of hydrogen-bond donors (Lipinski definition) is 0. The number of rotatable bonds is 3. The molecule has 0 aliphatic heterocycles. The smallest absolute Gasteiger partial charge is 0.150 e.